The van der Waals surface area contributed by atoms with Crippen molar-refractivity contribution >= 4 is 9.84 Å². The van der Waals surface area contributed by atoms with E-state index in [0.29, 0.717) is 12.8 Å². The average molecular weight is 287 g/mol. The highest BCUT2D eigenvalue weighted by atomic mass is 32.2. The molecule has 0 heterocycles. The van der Waals surface area contributed by atoms with Gasteiger partial charge in [0, 0.05) is 18.3 Å². The number of hydrogen-bond acceptors (Lipinski definition) is 3. The molecule has 1 saturated carbocycles. The molecule has 1 N–H and O–H groups in total. The summed E-state index contributed by atoms with van der Waals surface area (Å²) >= 11 is 0. The Morgan fingerprint density at radius 2 is 1.83 bits per heavy atom. The van der Waals surface area contributed by atoms with Crippen molar-refractivity contribution < 1.29 is 21.6 Å². The fourth-order valence-corrected chi connectivity index (χ4v) is 3.59. The van der Waals surface area contributed by atoms with Crippen LogP contribution in [0.5, 0.6) is 0 Å². The Morgan fingerprint density at radius 1 is 1.28 bits per heavy atom. The van der Waals surface area contributed by atoms with Crippen LogP contribution >= 0.6 is 0 Å². The molecule has 0 aromatic carbocycles. The Morgan fingerprint density at radius 3 is 2.33 bits per heavy atom. The van der Waals surface area contributed by atoms with Gasteiger partial charge >= 0.3 is 6.18 Å². The van der Waals surface area contributed by atoms with E-state index in [9.17, 15) is 21.6 Å². The molecule has 1 fully saturated rings. The molecule has 1 rings (SSSR count). The smallest absolute Gasteiger partial charge is 0.310 e. The first kappa shape index (κ1) is 15.8. The molecule has 1 aliphatic rings. The summed E-state index contributed by atoms with van der Waals surface area (Å²) in [5, 5.41) is 2.83. The summed E-state index contributed by atoms with van der Waals surface area (Å²) in [6, 6.07) is -1.11. The van der Waals surface area contributed by atoms with Crippen molar-refractivity contribution in [2.45, 2.75) is 50.9 Å². The molecule has 1 aliphatic carbocycles. The van der Waals surface area contributed by atoms with Gasteiger partial charge < -0.3 is 5.32 Å². The van der Waals surface area contributed by atoms with E-state index in [1.165, 1.54) is 0 Å². The van der Waals surface area contributed by atoms with E-state index in [-0.39, 0.29) is 12.2 Å². The summed E-state index contributed by atoms with van der Waals surface area (Å²) in [4.78, 5) is 0. The fraction of sp³-hybridized carbons (Fsp3) is 1.00. The van der Waals surface area contributed by atoms with Gasteiger partial charge in [-0.1, -0.05) is 12.8 Å². The summed E-state index contributed by atoms with van der Waals surface area (Å²) in [5.74, 6) is -1.48. The van der Waals surface area contributed by atoms with Crippen LogP contribution in [-0.2, 0) is 9.84 Å². The molecule has 7 heteroatoms. The molecular weight excluding hydrogens is 267 g/mol. The van der Waals surface area contributed by atoms with Crippen molar-refractivity contribution in [2.75, 3.05) is 12.0 Å². The van der Waals surface area contributed by atoms with E-state index in [1.54, 1.807) is 6.92 Å². The minimum Gasteiger partial charge on any atom is -0.310 e. The van der Waals surface area contributed by atoms with E-state index in [1.807, 2.05) is 0 Å². The molecule has 3 nitrogen and oxygen atoms in total. The minimum atomic E-state index is -4.21. The van der Waals surface area contributed by atoms with E-state index in [0.717, 1.165) is 12.7 Å². The standard InChI is InChI=1S/C11H20F3NO2S/c1-8(7-18(2,16)17)15-10-6-4-3-5-9(10)11(12,13)14/h8-10,15H,3-7H2,1-2H3. The number of rotatable bonds is 4. The number of halogens is 3. The van der Waals surface area contributed by atoms with Crippen LogP contribution in [0.4, 0.5) is 13.2 Å². The van der Waals surface area contributed by atoms with Gasteiger partial charge in [-0.15, -0.1) is 0 Å². The molecule has 18 heavy (non-hydrogen) atoms. The van der Waals surface area contributed by atoms with E-state index in [4.69, 9.17) is 0 Å². The molecule has 0 amide bonds. The Bertz CT molecular complexity index is 367. The van der Waals surface area contributed by atoms with E-state index in [2.05, 4.69) is 5.32 Å². The molecule has 108 valence electrons. The van der Waals surface area contributed by atoms with Gasteiger partial charge in [0.2, 0.25) is 0 Å². The summed E-state index contributed by atoms with van der Waals surface area (Å²) in [7, 11) is -3.17. The van der Waals surface area contributed by atoms with Crippen LogP contribution in [0.3, 0.4) is 0 Å². The highest BCUT2D eigenvalue weighted by Gasteiger charge is 2.45. The lowest BCUT2D eigenvalue weighted by molar-refractivity contribution is -0.189. The molecule has 0 bridgehead atoms. The van der Waals surface area contributed by atoms with Crippen molar-refractivity contribution in [3.63, 3.8) is 0 Å². The van der Waals surface area contributed by atoms with Crippen LogP contribution in [0.15, 0.2) is 0 Å². The van der Waals surface area contributed by atoms with Gasteiger partial charge in [0.05, 0.1) is 11.7 Å². The maximum absolute atomic E-state index is 12.8. The first-order valence-corrected chi connectivity index (χ1v) is 8.16. The maximum Gasteiger partial charge on any atom is 0.393 e. The fourth-order valence-electron chi connectivity index (χ4n) is 2.59. The zero-order valence-electron chi connectivity index (χ0n) is 10.6. The van der Waals surface area contributed by atoms with Gasteiger partial charge in [-0.05, 0) is 19.8 Å². The van der Waals surface area contributed by atoms with Gasteiger partial charge in [0.15, 0.2) is 0 Å². The average Bonchev–Trinajstić information content (AvgIpc) is 2.13. The van der Waals surface area contributed by atoms with Crippen LogP contribution in [0.1, 0.15) is 32.6 Å². The molecule has 0 aliphatic heterocycles. The lowest BCUT2D eigenvalue weighted by atomic mass is 9.83. The third kappa shape index (κ3) is 5.14. The summed E-state index contributed by atoms with van der Waals surface area (Å²) in [5.41, 5.74) is 0. The lowest BCUT2D eigenvalue weighted by Crippen LogP contribution is -2.50. The van der Waals surface area contributed by atoms with E-state index >= 15 is 0 Å². The third-order valence-corrected chi connectivity index (χ3v) is 4.34. The van der Waals surface area contributed by atoms with Crippen LogP contribution in [0.2, 0.25) is 0 Å². The molecule has 0 aromatic rings. The molecule has 0 aromatic heterocycles. The molecule has 0 saturated heterocycles. The minimum absolute atomic E-state index is 0.131. The highest BCUT2D eigenvalue weighted by molar-refractivity contribution is 7.90. The first-order chi connectivity index (χ1) is 8.09. The third-order valence-electron chi connectivity index (χ3n) is 3.24. The Kier molecular flexibility index (Phi) is 5.05. The molecule has 3 atom stereocenters. The van der Waals surface area contributed by atoms with Gasteiger partial charge in [-0.2, -0.15) is 13.2 Å². The summed E-state index contributed by atoms with van der Waals surface area (Å²) in [6.07, 6.45) is -1.18. The largest absolute Gasteiger partial charge is 0.393 e. The monoisotopic (exact) mass is 287 g/mol. The Hall–Kier alpha value is -0.300. The SMILES string of the molecule is CC(CS(C)(=O)=O)NC1CCCCC1C(F)(F)F. The van der Waals surface area contributed by atoms with Crippen molar-refractivity contribution in [1.29, 1.82) is 0 Å². The molecule has 0 spiro atoms. The quantitative estimate of drug-likeness (QED) is 0.861. The normalized spacial score (nSPS) is 28.1. The molecule has 0 radical (unpaired) electrons. The molecular formula is C11H20F3NO2S. The molecule has 3 unspecified atom stereocenters. The zero-order chi connectivity index (χ0) is 14.0. The summed E-state index contributed by atoms with van der Waals surface area (Å²) in [6.45, 7) is 1.61. The second-order valence-corrected chi connectivity index (χ2v) is 7.38. The van der Waals surface area contributed by atoms with Gasteiger partial charge in [0.25, 0.3) is 0 Å². The van der Waals surface area contributed by atoms with E-state index < -0.39 is 34.0 Å². The number of hydrogen-bond donors (Lipinski definition) is 1. The van der Waals surface area contributed by atoms with Crippen molar-refractivity contribution in [3.05, 3.63) is 0 Å². The van der Waals surface area contributed by atoms with Gasteiger partial charge in [0.1, 0.15) is 9.84 Å². The second kappa shape index (κ2) is 5.77. The summed E-state index contributed by atoms with van der Waals surface area (Å²) < 4.78 is 60.7. The zero-order valence-corrected chi connectivity index (χ0v) is 11.4. The van der Waals surface area contributed by atoms with Crippen LogP contribution in [0, 0.1) is 5.92 Å². The predicted octanol–water partition coefficient (Wildman–Crippen LogP) is 2.13. The van der Waals surface area contributed by atoms with Crippen LogP contribution in [0.25, 0.3) is 0 Å². The topological polar surface area (TPSA) is 46.2 Å². The Balaban J connectivity index is 2.63. The van der Waals surface area contributed by atoms with Crippen molar-refractivity contribution in [3.8, 4) is 0 Å². The Labute approximate surface area is 106 Å². The second-order valence-electron chi connectivity index (χ2n) is 5.20. The predicted molar refractivity (Wildman–Crippen MR) is 64.1 cm³/mol. The maximum atomic E-state index is 12.8. The first-order valence-electron chi connectivity index (χ1n) is 6.10. The van der Waals surface area contributed by atoms with Gasteiger partial charge in [-0.3, -0.25) is 0 Å². The lowest BCUT2D eigenvalue weighted by Gasteiger charge is -2.35. The van der Waals surface area contributed by atoms with Crippen LogP contribution in [-0.4, -0.2) is 38.7 Å². The van der Waals surface area contributed by atoms with Crippen LogP contribution < -0.4 is 5.32 Å². The van der Waals surface area contributed by atoms with Crippen molar-refractivity contribution in [1.82, 2.24) is 5.32 Å². The van der Waals surface area contributed by atoms with Gasteiger partial charge in [-0.25, -0.2) is 8.42 Å². The number of sulfone groups is 1. The van der Waals surface area contributed by atoms with Crippen molar-refractivity contribution in [2.24, 2.45) is 5.92 Å². The number of alkyl halides is 3. The number of nitrogens with one attached hydrogen (secondary N) is 1. The highest BCUT2D eigenvalue weighted by Crippen LogP contribution is 2.37.